The quantitative estimate of drug-likeness (QED) is 0.482. The molecule has 1 aliphatic heterocycles. The summed E-state index contributed by atoms with van der Waals surface area (Å²) >= 11 is 1.18. The second-order valence-electron chi connectivity index (χ2n) is 7.67. The van der Waals surface area contributed by atoms with Gasteiger partial charge in [-0.2, -0.15) is 13.2 Å². The number of carbonyl (C=O) groups is 1. The van der Waals surface area contributed by atoms with Crippen LogP contribution in [-0.4, -0.2) is 30.4 Å². The lowest BCUT2D eigenvalue weighted by molar-refractivity contribution is -0.153. The van der Waals surface area contributed by atoms with E-state index in [0.29, 0.717) is 32.6 Å². The molecule has 0 amide bonds. The number of halogens is 3. The summed E-state index contributed by atoms with van der Waals surface area (Å²) in [6, 6.07) is 14.4. The van der Waals surface area contributed by atoms with Gasteiger partial charge in [0.15, 0.2) is 11.4 Å². The summed E-state index contributed by atoms with van der Waals surface area (Å²) in [7, 11) is 1.29. The van der Waals surface area contributed by atoms with Crippen molar-refractivity contribution in [2.45, 2.75) is 25.6 Å². The van der Waals surface area contributed by atoms with Crippen LogP contribution in [0.15, 0.2) is 75.7 Å². The van der Waals surface area contributed by atoms with Crippen molar-refractivity contribution in [3.8, 4) is 5.75 Å². The molecular weight excluding hydrogens is 481 g/mol. The largest absolute Gasteiger partial charge is 0.484 e. The van der Waals surface area contributed by atoms with E-state index in [1.807, 2.05) is 37.3 Å². The zero-order valence-corrected chi connectivity index (χ0v) is 19.7. The molecule has 2 heterocycles. The minimum atomic E-state index is -4.43. The number of methoxy groups -OCH3 is 1. The van der Waals surface area contributed by atoms with Crippen LogP contribution < -0.4 is 19.6 Å². The molecule has 0 aliphatic carbocycles. The van der Waals surface area contributed by atoms with Gasteiger partial charge in [-0.15, -0.1) is 0 Å². The van der Waals surface area contributed by atoms with Crippen LogP contribution in [-0.2, 0) is 9.53 Å². The van der Waals surface area contributed by atoms with Crippen molar-refractivity contribution >= 4 is 23.4 Å². The lowest BCUT2D eigenvalue weighted by Crippen LogP contribution is -2.40. The lowest BCUT2D eigenvalue weighted by atomic mass is 9.95. The van der Waals surface area contributed by atoms with E-state index in [4.69, 9.17) is 9.47 Å². The highest BCUT2D eigenvalue weighted by Crippen LogP contribution is 2.31. The number of fused-ring (bicyclic) bond motifs is 1. The number of hydrogen-bond donors (Lipinski definition) is 0. The monoisotopic (exact) mass is 502 g/mol. The van der Waals surface area contributed by atoms with Gasteiger partial charge < -0.3 is 9.47 Å². The lowest BCUT2D eigenvalue weighted by Gasteiger charge is -2.25. The predicted molar refractivity (Wildman–Crippen MR) is 125 cm³/mol. The normalized spacial score (nSPS) is 16.0. The highest BCUT2D eigenvalue weighted by atomic mass is 32.1. The minimum absolute atomic E-state index is 0.0697. The third kappa shape index (κ3) is 5.22. The van der Waals surface area contributed by atoms with Crippen molar-refractivity contribution in [2.75, 3.05) is 13.7 Å². The second-order valence-corrected chi connectivity index (χ2v) is 8.68. The Kier molecular flexibility index (Phi) is 6.93. The molecule has 2 aromatic carbocycles. The maximum atomic E-state index is 13.5. The van der Waals surface area contributed by atoms with Crippen molar-refractivity contribution in [1.29, 1.82) is 0 Å². The summed E-state index contributed by atoms with van der Waals surface area (Å²) in [6.07, 6.45) is -2.33. The van der Waals surface area contributed by atoms with E-state index in [-0.39, 0.29) is 11.3 Å². The van der Waals surface area contributed by atoms with Crippen molar-refractivity contribution < 1.29 is 27.4 Å². The molecule has 4 rings (SSSR count). The third-order valence-electron chi connectivity index (χ3n) is 5.35. The Morgan fingerprint density at radius 2 is 1.83 bits per heavy atom. The molecule has 0 saturated heterocycles. The molecule has 0 N–H and O–H groups in total. The van der Waals surface area contributed by atoms with Crippen LogP contribution in [0.25, 0.3) is 6.08 Å². The maximum absolute atomic E-state index is 13.5. The van der Waals surface area contributed by atoms with Crippen LogP contribution in [0.4, 0.5) is 13.2 Å². The van der Waals surface area contributed by atoms with Crippen molar-refractivity contribution in [1.82, 2.24) is 4.57 Å². The molecule has 0 fully saturated rings. The molecule has 3 aromatic rings. The van der Waals surface area contributed by atoms with Gasteiger partial charge in [-0.3, -0.25) is 9.36 Å². The number of aromatic nitrogens is 1. The number of ether oxygens (including phenoxy) is 2. The van der Waals surface area contributed by atoms with Crippen LogP contribution in [0.2, 0.25) is 0 Å². The second kappa shape index (κ2) is 9.91. The summed E-state index contributed by atoms with van der Waals surface area (Å²) in [6.45, 7) is 0.493. The average Bonchev–Trinajstić information content (AvgIpc) is 3.16. The van der Waals surface area contributed by atoms with Crippen LogP contribution in [0.5, 0.6) is 5.75 Å². The highest BCUT2D eigenvalue weighted by molar-refractivity contribution is 7.07. The Hall–Kier alpha value is -3.66. The van der Waals surface area contributed by atoms with Crippen LogP contribution in [0.1, 0.15) is 30.5 Å². The minimum Gasteiger partial charge on any atom is -0.484 e. The molecule has 1 aliphatic rings. The summed E-state index contributed by atoms with van der Waals surface area (Å²) < 4.78 is 48.7. The number of alkyl halides is 3. The van der Waals surface area contributed by atoms with Gasteiger partial charge in [-0.25, -0.2) is 9.79 Å². The van der Waals surface area contributed by atoms with Crippen LogP contribution >= 0.6 is 11.3 Å². The number of allylic oxidation sites excluding steroid dienone is 1. The van der Waals surface area contributed by atoms with Crippen molar-refractivity contribution in [3.05, 3.63) is 96.7 Å². The molecule has 0 radical (unpaired) electrons. The zero-order valence-electron chi connectivity index (χ0n) is 18.8. The number of nitrogens with zero attached hydrogens (tertiary/aromatic N) is 2. The van der Waals surface area contributed by atoms with E-state index in [1.165, 1.54) is 35.1 Å². The van der Waals surface area contributed by atoms with Gasteiger partial charge in [0, 0.05) is 0 Å². The molecule has 0 saturated carbocycles. The topological polar surface area (TPSA) is 69.9 Å². The van der Waals surface area contributed by atoms with E-state index in [0.717, 1.165) is 5.56 Å². The van der Waals surface area contributed by atoms with Gasteiger partial charge in [0.05, 0.1) is 29.0 Å². The fourth-order valence-corrected chi connectivity index (χ4v) is 4.81. The summed E-state index contributed by atoms with van der Waals surface area (Å²) in [5.74, 6) is -0.483. The first-order valence-electron chi connectivity index (χ1n) is 10.7. The van der Waals surface area contributed by atoms with Gasteiger partial charge in [-0.1, -0.05) is 60.7 Å². The number of esters is 1. The molecule has 35 heavy (non-hydrogen) atoms. The Morgan fingerprint density at radius 1 is 1.14 bits per heavy atom. The number of hydrogen-bond acceptors (Lipinski definition) is 6. The molecule has 10 heteroatoms. The predicted octanol–water partition coefficient (Wildman–Crippen LogP) is 3.74. The molecule has 6 nitrogen and oxygen atoms in total. The third-order valence-corrected chi connectivity index (χ3v) is 6.33. The molecule has 0 unspecified atom stereocenters. The maximum Gasteiger partial charge on any atom is 0.422 e. The Labute approximate surface area is 202 Å². The molecule has 0 bridgehead atoms. The Morgan fingerprint density at radius 3 is 2.43 bits per heavy atom. The molecule has 182 valence electrons. The summed E-state index contributed by atoms with van der Waals surface area (Å²) in [4.78, 5) is 31.3. The highest BCUT2D eigenvalue weighted by Gasteiger charge is 2.33. The van der Waals surface area contributed by atoms with Crippen molar-refractivity contribution in [2.24, 2.45) is 4.99 Å². The Bertz CT molecular complexity index is 1440. The fraction of sp³-hybridized carbons (Fsp3) is 0.240. The smallest absolute Gasteiger partial charge is 0.422 e. The first-order chi connectivity index (χ1) is 16.7. The van der Waals surface area contributed by atoms with Gasteiger partial charge in [-0.05, 0) is 35.8 Å². The standard InChI is InChI=1S/C25H21F3N2O4S/c1-3-18-20(23(32)33-2)21(16-7-5-4-6-8-16)30-22(31)19(35-24(30)29-18)13-15-9-11-17(12-10-15)34-14-25(26,27)28/h4-13,21H,3,14H2,1-2H3/b19-13-/t21-/m1/s1. The summed E-state index contributed by atoms with van der Waals surface area (Å²) in [5.41, 5.74) is 1.87. The van der Waals surface area contributed by atoms with Gasteiger partial charge in [0.1, 0.15) is 5.75 Å². The van der Waals surface area contributed by atoms with E-state index in [2.05, 4.69) is 4.99 Å². The number of benzene rings is 2. The number of thiazole rings is 1. The molecular formula is C25H21F3N2O4S. The van der Waals surface area contributed by atoms with E-state index < -0.39 is 24.8 Å². The molecule has 1 aromatic heterocycles. The number of carbonyl (C=O) groups excluding carboxylic acids is 1. The van der Waals surface area contributed by atoms with E-state index in [1.54, 1.807) is 18.2 Å². The number of rotatable bonds is 6. The molecule has 0 spiro atoms. The van der Waals surface area contributed by atoms with Crippen LogP contribution in [0, 0.1) is 0 Å². The first-order valence-corrected chi connectivity index (χ1v) is 11.5. The summed E-state index contributed by atoms with van der Waals surface area (Å²) in [5, 5.41) is 0. The first kappa shape index (κ1) is 24.5. The zero-order chi connectivity index (χ0) is 25.2. The van der Waals surface area contributed by atoms with E-state index in [9.17, 15) is 22.8 Å². The van der Waals surface area contributed by atoms with Crippen molar-refractivity contribution in [3.63, 3.8) is 0 Å². The van der Waals surface area contributed by atoms with Crippen LogP contribution in [0.3, 0.4) is 0 Å². The van der Waals surface area contributed by atoms with Gasteiger partial charge >= 0.3 is 12.1 Å². The van der Waals surface area contributed by atoms with E-state index >= 15 is 0 Å². The van der Waals surface area contributed by atoms with Gasteiger partial charge in [0.25, 0.3) is 5.56 Å². The molecule has 1 atom stereocenters. The fourth-order valence-electron chi connectivity index (χ4n) is 3.79. The SMILES string of the molecule is CCC1=C(C(=O)OC)[C@@H](c2ccccc2)n2c(s/c(=C\c3ccc(OCC(F)(F)F)cc3)c2=O)=N1. The average molecular weight is 503 g/mol. The van der Waals surface area contributed by atoms with Gasteiger partial charge in [0.2, 0.25) is 0 Å². The Balaban J connectivity index is 1.80.